The summed E-state index contributed by atoms with van der Waals surface area (Å²) in [6, 6.07) is 0. The summed E-state index contributed by atoms with van der Waals surface area (Å²) in [6.07, 6.45) is 0. The van der Waals surface area contributed by atoms with Gasteiger partial charge in [0.25, 0.3) is 0 Å². The van der Waals surface area contributed by atoms with Crippen molar-refractivity contribution >= 4 is 79.9 Å². The van der Waals surface area contributed by atoms with Crippen molar-refractivity contribution in [1.29, 1.82) is 0 Å². The molecule has 0 aliphatic carbocycles. The van der Waals surface area contributed by atoms with E-state index in [1.165, 1.54) is 0 Å². The van der Waals surface area contributed by atoms with Crippen LogP contribution in [0.5, 0.6) is 0 Å². The quantitative estimate of drug-likeness (QED) is 0.181. The van der Waals surface area contributed by atoms with Crippen molar-refractivity contribution in [1.82, 2.24) is 0 Å². The molecule has 17 heavy (non-hydrogen) atoms. The van der Waals surface area contributed by atoms with E-state index in [9.17, 15) is 0 Å². The third-order valence-electron chi connectivity index (χ3n) is 0. The fourth-order valence-corrected chi connectivity index (χ4v) is 0. The van der Waals surface area contributed by atoms with Gasteiger partial charge in [0.15, 0.2) is 0 Å². The van der Waals surface area contributed by atoms with Gasteiger partial charge >= 0.3 is 58.5 Å². The molecule has 0 spiro atoms. The molecule has 17 heteroatoms. The third-order valence-corrected chi connectivity index (χ3v) is 0. The van der Waals surface area contributed by atoms with Gasteiger partial charge in [-0.2, -0.15) is 16.8 Å². The van der Waals surface area contributed by atoms with Crippen LogP contribution in [0.3, 0.4) is 0 Å². The van der Waals surface area contributed by atoms with Crippen molar-refractivity contribution in [3.8, 4) is 0 Å². The maximum Gasteiger partial charge on any atom is 2.00 e. The summed E-state index contributed by atoms with van der Waals surface area (Å²) < 4.78 is 97.2. The number of rotatable bonds is 0. The van der Waals surface area contributed by atoms with Crippen molar-refractivity contribution in [2.24, 2.45) is 0 Å². The zero-order chi connectivity index (χ0) is 13.5. The molecule has 104 valence electrons. The number of hydrogen-bond donors (Lipinski definition) is 4. The van der Waals surface area contributed by atoms with E-state index in [0.717, 1.165) is 0 Å². The zero-order valence-corrected chi connectivity index (χ0v) is 11.6. The van der Waals surface area contributed by atoms with Crippen LogP contribution in [0.15, 0.2) is 0 Å². The van der Waals surface area contributed by atoms with Gasteiger partial charge < -0.3 is 9.11 Å². The van der Waals surface area contributed by atoms with Crippen LogP contribution in [0.1, 0.15) is 0 Å². The van der Waals surface area contributed by atoms with Gasteiger partial charge in [-0.3, -0.25) is 26.6 Å². The Labute approximate surface area is 131 Å². The van der Waals surface area contributed by atoms with Crippen molar-refractivity contribution < 1.29 is 52.6 Å². The van der Waals surface area contributed by atoms with Gasteiger partial charge in [0.1, 0.15) is 0 Å². The molecule has 0 aliphatic rings. The van der Waals surface area contributed by atoms with Gasteiger partial charge in [-0.1, -0.05) is 0 Å². The van der Waals surface area contributed by atoms with Crippen LogP contribution in [-0.4, -0.2) is 101 Å². The fourth-order valence-electron chi connectivity index (χ4n) is 0. The normalized spacial score (nSPS) is 10.2. The second kappa shape index (κ2) is 12.1. The Morgan fingerprint density at radius 3 is 0.647 bits per heavy atom. The molecule has 0 bridgehead atoms. The van der Waals surface area contributed by atoms with Crippen molar-refractivity contribution in [2.45, 2.75) is 0 Å². The second-order valence-electron chi connectivity index (χ2n) is 1.30. The summed E-state index contributed by atoms with van der Waals surface area (Å²) in [5.41, 5.74) is 0. The first kappa shape index (κ1) is 30.8. The molecular formula is H8CaO12S3Si. The van der Waals surface area contributed by atoms with Gasteiger partial charge in [-0.15, -0.1) is 0 Å². The van der Waals surface area contributed by atoms with Crippen LogP contribution in [0.25, 0.3) is 0 Å². The van der Waals surface area contributed by atoms with E-state index >= 15 is 0 Å². The van der Waals surface area contributed by atoms with E-state index in [2.05, 4.69) is 0 Å². The topological polar surface area (TPSA) is 229 Å². The van der Waals surface area contributed by atoms with E-state index in [1.54, 1.807) is 0 Å². The standard InChI is InChI=1S/Ca.3H2O4S.H4Si/c;3*1-5(2,3)4;/h;3*(H2,1,2,3,4);1H4/q+2;;;;/p-2. The average molecular weight is 364 g/mol. The monoisotopic (exact) mass is 364 g/mol. The third kappa shape index (κ3) is 3290. The first-order chi connectivity index (χ1) is 6.00. The maximum atomic E-state index is 8.74. The zero-order valence-electron chi connectivity index (χ0n) is 6.99. The molecule has 0 saturated heterocycles. The van der Waals surface area contributed by atoms with Crippen molar-refractivity contribution in [3.63, 3.8) is 0 Å². The van der Waals surface area contributed by atoms with Crippen LogP contribution in [0.2, 0.25) is 0 Å². The Morgan fingerprint density at radius 2 is 0.647 bits per heavy atom. The van der Waals surface area contributed by atoms with Crippen LogP contribution in [0.4, 0.5) is 0 Å². The molecule has 0 radical (unpaired) electrons. The molecule has 4 N–H and O–H groups in total. The van der Waals surface area contributed by atoms with Crippen LogP contribution in [-0.2, 0) is 31.2 Å². The number of hydrogen-bond acceptors (Lipinski definition) is 8. The summed E-state index contributed by atoms with van der Waals surface area (Å²) in [6.45, 7) is 0. The second-order valence-corrected chi connectivity index (χ2v) is 3.91. The molecule has 0 saturated carbocycles. The fraction of sp³-hybridized carbons (Fsp3) is 0. The Morgan fingerprint density at radius 1 is 0.647 bits per heavy atom. The molecule has 0 unspecified atom stereocenters. The van der Waals surface area contributed by atoms with E-state index in [4.69, 9.17) is 52.6 Å². The Bertz CT molecular complexity index is 343. The molecule has 0 fully saturated rings. The minimum atomic E-state index is -5.17. The molecule has 0 aromatic carbocycles. The molecule has 0 aliphatic heterocycles. The summed E-state index contributed by atoms with van der Waals surface area (Å²) in [7, 11) is -14.5. The molecule has 0 rings (SSSR count). The average Bonchev–Trinajstić information content (AvgIpc) is 1.41. The Kier molecular flexibility index (Phi) is 22.0. The van der Waals surface area contributed by atoms with Crippen LogP contribution in [0, 0.1) is 0 Å². The predicted molar refractivity (Wildman–Crippen MR) is 55.9 cm³/mol. The van der Waals surface area contributed by atoms with Crippen LogP contribution >= 0.6 is 0 Å². The molecule has 12 nitrogen and oxygen atoms in total. The van der Waals surface area contributed by atoms with Crippen LogP contribution < -0.4 is 0 Å². The Balaban J connectivity index is -0.0000000400. The van der Waals surface area contributed by atoms with Crippen molar-refractivity contribution in [2.75, 3.05) is 0 Å². The summed E-state index contributed by atoms with van der Waals surface area (Å²) in [5, 5.41) is 0. The minimum absolute atomic E-state index is 0. The van der Waals surface area contributed by atoms with Gasteiger partial charge in [0, 0.05) is 10.4 Å². The first-order valence-corrected chi connectivity index (χ1v) is 6.19. The van der Waals surface area contributed by atoms with E-state index in [1.807, 2.05) is 0 Å². The summed E-state index contributed by atoms with van der Waals surface area (Å²) in [4.78, 5) is 0. The SMILES string of the molecule is O=S(=O)(O)O.O=S(=O)(O)O.O=S(=O)([O-])[O-].[Ca+2].[SiH4]. The van der Waals surface area contributed by atoms with Gasteiger partial charge in [-0.25, -0.2) is 0 Å². The minimum Gasteiger partial charge on any atom is -0.759 e. The van der Waals surface area contributed by atoms with E-state index in [0.29, 0.717) is 0 Å². The molecular weight excluding hydrogens is 356 g/mol. The largest absolute Gasteiger partial charge is 2.00 e. The molecule has 0 aromatic rings. The molecule has 0 atom stereocenters. The maximum absolute atomic E-state index is 8.74. The predicted octanol–water partition coefficient (Wildman–Crippen LogP) is -4.48. The van der Waals surface area contributed by atoms with E-state index < -0.39 is 31.2 Å². The summed E-state index contributed by atoms with van der Waals surface area (Å²) >= 11 is 0. The van der Waals surface area contributed by atoms with Gasteiger partial charge in [0.2, 0.25) is 0 Å². The smallest absolute Gasteiger partial charge is 0.759 e. The molecule has 0 amide bonds. The van der Waals surface area contributed by atoms with Gasteiger partial charge in [-0.05, 0) is 11.0 Å². The van der Waals surface area contributed by atoms with E-state index in [-0.39, 0.29) is 48.7 Å². The van der Waals surface area contributed by atoms with Crippen molar-refractivity contribution in [3.05, 3.63) is 0 Å². The molecule has 0 heterocycles. The molecule has 0 aromatic heterocycles. The summed E-state index contributed by atoms with van der Waals surface area (Å²) in [5.74, 6) is 0. The Hall–Kier alpha value is 1.09. The first-order valence-electron chi connectivity index (χ1n) is 2.06. The van der Waals surface area contributed by atoms with Gasteiger partial charge in [0.05, 0.1) is 0 Å².